The Morgan fingerprint density at radius 2 is 1.88 bits per heavy atom. The van der Waals surface area contributed by atoms with E-state index in [4.69, 9.17) is 9.26 Å². The first-order chi connectivity index (χ1) is 15.6. The second-order valence-corrected chi connectivity index (χ2v) is 10.3. The van der Waals surface area contributed by atoms with Crippen LogP contribution in [0.1, 0.15) is 19.6 Å². The van der Waals surface area contributed by atoms with Gasteiger partial charge in [0.25, 0.3) is 0 Å². The molecule has 2 aromatic heterocycles. The fourth-order valence-corrected chi connectivity index (χ4v) is 5.44. The third-order valence-corrected chi connectivity index (χ3v) is 7.02. The number of ether oxygens (including phenoxy) is 1. The van der Waals surface area contributed by atoms with Crippen molar-refractivity contribution in [2.75, 3.05) is 24.2 Å². The Labute approximate surface area is 191 Å². The fraction of sp³-hybridized carbons (Fsp3) is 0.409. The zero-order valence-electron chi connectivity index (χ0n) is 18.6. The molecule has 1 aromatic carbocycles. The maximum Gasteiger partial charge on any atom is 0.242 e. The van der Waals surface area contributed by atoms with Gasteiger partial charge in [0.05, 0.1) is 17.1 Å². The van der Waals surface area contributed by atoms with Crippen molar-refractivity contribution in [3.05, 3.63) is 42.3 Å². The van der Waals surface area contributed by atoms with Crippen LogP contribution in [0.3, 0.4) is 0 Å². The van der Waals surface area contributed by atoms with Gasteiger partial charge in [-0.15, -0.1) is 0 Å². The minimum atomic E-state index is -3.99. The van der Waals surface area contributed by atoms with Crippen molar-refractivity contribution in [3.8, 4) is 0 Å². The number of sulfone groups is 1. The summed E-state index contributed by atoms with van der Waals surface area (Å²) >= 11 is 0. The van der Waals surface area contributed by atoms with Crippen molar-refractivity contribution in [1.82, 2.24) is 14.6 Å². The number of para-hydroxylation sites is 1. The maximum absolute atomic E-state index is 13.1. The average molecular weight is 475 g/mol. The van der Waals surface area contributed by atoms with E-state index in [1.807, 2.05) is 13.8 Å². The van der Waals surface area contributed by atoms with Crippen LogP contribution in [0.25, 0.3) is 10.9 Å². The van der Waals surface area contributed by atoms with Crippen LogP contribution in [0.15, 0.2) is 45.9 Å². The number of aryl methyl sites for hydroxylation is 1. The molecular weight excluding hydrogens is 448 g/mol. The summed E-state index contributed by atoms with van der Waals surface area (Å²) in [6, 6.07) is 8.41. The number of hydrogen-bond acceptors (Lipinski definition) is 7. The van der Waals surface area contributed by atoms with Crippen molar-refractivity contribution in [1.29, 1.82) is 0 Å². The molecule has 176 valence electrons. The number of aromatic nitrogens is 2. The van der Waals surface area contributed by atoms with Crippen molar-refractivity contribution in [3.63, 3.8) is 0 Å². The number of amides is 2. The number of morpholine rings is 1. The molecule has 4 rings (SSSR count). The van der Waals surface area contributed by atoms with E-state index in [1.165, 1.54) is 12.3 Å². The van der Waals surface area contributed by atoms with Crippen LogP contribution in [0.4, 0.5) is 5.82 Å². The number of fused-ring (bicyclic) bond motifs is 1. The minimum Gasteiger partial charge on any atom is -0.372 e. The second-order valence-electron chi connectivity index (χ2n) is 8.32. The van der Waals surface area contributed by atoms with Gasteiger partial charge in [0.2, 0.25) is 11.8 Å². The molecule has 0 spiro atoms. The molecule has 3 aromatic rings. The van der Waals surface area contributed by atoms with Gasteiger partial charge in [0.15, 0.2) is 15.7 Å². The molecule has 10 nitrogen and oxygen atoms in total. The summed E-state index contributed by atoms with van der Waals surface area (Å²) in [6.45, 7) is 6.44. The smallest absolute Gasteiger partial charge is 0.242 e. The number of carbonyl (C=O) groups excluding carboxylic acids is 2. The molecule has 0 radical (unpaired) electrons. The predicted molar refractivity (Wildman–Crippen MR) is 120 cm³/mol. The van der Waals surface area contributed by atoms with Crippen LogP contribution in [0.5, 0.6) is 0 Å². The highest BCUT2D eigenvalue weighted by atomic mass is 32.2. The van der Waals surface area contributed by atoms with Gasteiger partial charge in [-0.3, -0.25) is 9.59 Å². The van der Waals surface area contributed by atoms with E-state index in [0.717, 1.165) is 0 Å². The number of nitrogens with zero attached hydrogens (tertiary/aromatic N) is 3. The quantitative estimate of drug-likeness (QED) is 0.579. The van der Waals surface area contributed by atoms with Crippen LogP contribution < -0.4 is 5.32 Å². The molecule has 2 atom stereocenters. The molecule has 1 aliphatic heterocycles. The highest BCUT2D eigenvalue weighted by molar-refractivity contribution is 7.92. The zero-order valence-corrected chi connectivity index (χ0v) is 19.5. The Kier molecular flexibility index (Phi) is 6.26. The van der Waals surface area contributed by atoms with Crippen LogP contribution in [0, 0.1) is 6.92 Å². The third-order valence-electron chi connectivity index (χ3n) is 5.38. The van der Waals surface area contributed by atoms with Gasteiger partial charge in [-0.1, -0.05) is 23.4 Å². The number of carbonyl (C=O) groups is 2. The molecule has 2 amide bonds. The van der Waals surface area contributed by atoms with E-state index in [1.54, 1.807) is 40.7 Å². The topological polar surface area (TPSA) is 124 Å². The van der Waals surface area contributed by atoms with Crippen LogP contribution in [-0.2, 0) is 30.7 Å². The number of hydrogen-bond donors (Lipinski definition) is 1. The molecule has 1 saturated heterocycles. The van der Waals surface area contributed by atoms with Crippen molar-refractivity contribution in [2.24, 2.45) is 0 Å². The number of rotatable bonds is 6. The van der Waals surface area contributed by atoms with Gasteiger partial charge in [-0.2, -0.15) is 0 Å². The van der Waals surface area contributed by atoms with E-state index in [2.05, 4.69) is 10.5 Å². The Bertz CT molecular complexity index is 1290. The van der Waals surface area contributed by atoms with Crippen LogP contribution in [-0.4, -0.2) is 65.9 Å². The van der Waals surface area contributed by atoms with Gasteiger partial charge in [0, 0.05) is 36.3 Å². The minimum absolute atomic E-state index is 0.00102. The third kappa shape index (κ3) is 5.09. The molecular formula is C22H26N4O6S. The van der Waals surface area contributed by atoms with Gasteiger partial charge in [-0.05, 0) is 26.8 Å². The summed E-state index contributed by atoms with van der Waals surface area (Å²) in [5.41, 5.74) is 0.603. The highest BCUT2D eigenvalue weighted by Gasteiger charge is 2.28. The number of anilines is 1. The molecule has 0 saturated carbocycles. The predicted octanol–water partition coefficient (Wildman–Crippen LogP) is 1.99. The Balaban J connectivity index is 1.57. The first-order valence-electron chi connectivity index (χ1n) is 10.6. The summed E-state index contributed by atoms with van der Waals surface area (Å²) in [4.78, 5) is 27.0. The summed E-state index contributed by atoms with van der Waals surface area (Å²) < 4.78 is 38.4. The largest absolute Gasteiger partial charge is 0.372 e. The molecule has 1 N–H and O–H groups in total. The zero-order chi connectivity index (χ0) is 23.8. The lowest BCUT2D eigenvalue weighted by Crippen LogP contribution is -2.49. The van der Waals surface area contributed by atoms with Crippen molar-refractivity contribution < 1.29 is 27.3 Å². The Morgan fingerprint density at radius 3 is 2.55 bits per heavy atom. The van der Waals surface area contributed by atoms with E-state index in [0.29, 0.717) is 29.8 Å². The lowest BCUT2D eigenvalue weighted by Gasteiger charge is -2.35. The molecule has 11 heteroatoms. The summed E-state index contributed by atoms with van der Waals surface area (Å²) in [5, 5.41) is 6.53. The Morgan fingerprint density at radius 1 is 1.18 bits per heavy atom. The lowest BCUT2D eigenvalue weighted by molar-refractivity contribution is -0.143. The van der Waals surface area contributed by atoms with Gasteiger partial charge in [0.1, 0.15) is 18.1 Å². The molecule has 33 heavy (non-hydrogen) atoms. The molecule has 1 aliphatic rings. The van der Waals surface area contributed by atoms with Gasteiger partial charge >= 0.3 is 0 Å². The average Bonchev–Trinajstić information content (AvgIpc) is 3.30. The molecule has 0 bridgehead atoms. The molecule has 3 heterocycles. The van der Waals surface area contributed by atoms with E-state index in [9.17, 15) is 18.0 Å². The molecule has 1 fully saturated rings. The van der Waals surface area contributed by atoms with Crippen molar-refractivity contribution in [2.45, 2.75) is 44.4 Å². The van der Waals surface area contributed by atoms with Crippen LogP contribution in [0.2, 0.25) is 0 Å². The highest BCUT2D eigenvalue weighted by Crippen LogP contribution is 2.27. The van der Waals surface area contributed by atoms with Gasteiger partial charge < -0.3 is 24.0 Å². The summed E-state index contributed by atoms with van der Waals surface area (Å²) in [6.07, 6.45) is 1.29. The van der Waals surface area contributed by atoms with Gasteiger partial charge in [-0.25, -0.2) is 8.42 Å². The summed E-state index contributed by atoms with van der Waals surface area (Å²) in [7, 11) is -3.99. The second kappa shape index (κ2) is 8.99. The number of benzene rings is 1. The van der Waals surface area contributed by atoms with Crippen LogP contribution >= 0.6 is 0 Å². The molecule has 2 unspecified atom stereocenters. The van der Waals surface area contributed by atoms with E-state index >= 15 is 0 Å². The van der Waals surface area contributed by atoms with Crippen molar-refractivity contribution >= 4 is 38.4 Å². The SMILES string of the molecule is Cc1cc(NC(=O)CS(=O)(=O)c2cn(CC(=O)N3CC(C)OC(C)C3)c3ccccc23)no1. The monoisotopic (exact) mass is 474 g/mol. The normalized spacial score (nSPS) is 19.1. The van der Waals surface area contributed by atoms with E-state index < -0.39 is 21.5 Å². The first kappa shape index (κ1) is 23.0. The maximum atomic E-state index is 13.1. The first-order valence-corrected chi connectivity index (χ1v) is 12.2. The summed E-state index contributed by atoms with van der Waals surface area (Å²) in [5.74, 6) is -0.979. The standard InChI is InChI=1S/C22H26N4O6S/c1-14-8-20(24-32-14)23-21(27)13-33(29,30)19-11-25(18-7-5-4-6-17(18)19)12-22(28)26-9-15(2)31-16(3)10-26/h4-8,11,15-16H,9-10,12-13H2,1-3H3,(H,23,24,27). The number of nitrogens with one attached hydrogen (secondary N) is 1. The fourth-order valence-electron chi connectivity index (χ4n) is 4.07. The van der Waals surface area contributed by atoms with E-state index in [-0.39, 0.29) is 35.4 Å². The Hall–Kier alpha value is -3.18. The molecule has 0 aliphatic carbocycles. The lowest BCUT2D eigenvalue weighted by atomic mass is 10.2.